The van der Waals surface area contributed by atoms with E-state index in [9.17, 15) is 14.4 Å². The van der Waals surface area contributed by atoms with E-state index in [4.69, 9.17) is 14.2 Å². The molecule has 0 N–H and O–H groups in total. The van der Waals surface area contributed by atoms with E-state index in [-0.39, 0.29) is 24.6 Å². The molecule has 170 valence electrons. The average Bonchev–Trinajstić information content (AvgIpc) is 3.17. The van der Waals surface area contributed by atoms with Crippen LogP contribution in [-0.2, 0) is 14.3 Å². The Kier molecular flexibility index (Phi) is 5.55. The van der Waals surface area contributed by atoms with Gasteiger partial charge in [-0.1, -0.05) is 24.3 Å². The number of aromatic nitrogens is 1. The predicted octanol–water partition coefficient (Wildman–Crippen LogP) is 3.69. The van der Waals surface area contributed by atoms with Crippen LogP contribution in [0.2, 0.25) is 0 Å². The Balaban J connectivity index is 1.58. The largest absolute Gasteiger partial charge is 0.482 e. The molecule has 2 aliphatic heterocycles. The number of ketones is 1. The first-order valence-corrected chi connectivity index (χ1v) is 10.6. The van der Waals surface area contributed by atoms with Gasteiger partial charge in [-0.2, -0.15) is 0 Å². The van der Waals surface area contributed by atoms with E-state index in [1.54, 1.807) is 48.8 Å². The summed E-state index contributed by atoms with van der Waals surface area (Å²) in [5.41, 5.74) is 2.34. The van der Waals surface area contributed by atoms with Gasteiger partial charge in [-0.15, -0.1) is 0 Å². The number of Topliss-reactive ketones (excluding diaryl/α,β-unsaturated/α-hetero) is 1. The molecular weight excluding hydrogens is 438 g/mol. The number of pyridine rings is 1. The number of methoxy groups -OCH3 is 1. The fourth-order valence-corrected chi connectivity index (χ4v) is 4.08. The van der Waals surface area contributed by atoms with Crippen molar-refractivity contribution < 1.29 is 33.3 Å². The normalized spacial score (nSPS) is 17.4. The zero-order valence-corrected chi connectivity index (χ0v) is 18.1. The third-order valence-corrected chi connectivity index (χ3v) is 5.63. The topological polar surface area (TPSA) is 101 Å². The summed E-state index contributed by atoms with van der Waals surface area (Å²) >= 11 is 0. The van der Waals surface area contributed by atoms with Crippen molar-refractivity contribution in [2.24, 2.45) is 0 Å². The van der Waals surface area contributed by atoms with E-state index in [1.807, 2.05) is 18.2 Å². The van der Waals surface area contributed by atoms with Gasteiger partial charge in [0.25, 0.3) is 0 Å². The van der Waals surface area contributed by atoms with Crippen molar-refractivity contribution in [3.05, 3.63) is 88.9 Å². The molecule has 0 spiro atoms. The molecule has 2 aliphatic rings. The standard InChI is InChI=1S/C26H19NO7/c1-31-23(29)14-32-19-7-3-2-6-16(19)18-12-22(28)33-20-9-8-17-25(30)21(34-26(17)24(18)20)11-15-5-4-10-27-13-15/h2-11,13,18H,12,14H2,1H3. The molecule has 0 aliphatic carbocycles. The second-order valence-corrected chi connectivity index (χ2v) is 7.71. The van der Waals surface area contributed by atoms with Crippen molar-refractivity contribution in [1.29, 1.82) is 0 Å². The summed E-state index contributed by atoms with van der Waals surface area (Å²) in [6.45, 7) is -0.280. The monoisotopic (exact) mass is 457 g/mol. The fraction of sp³-hybridized carbons (Fsp3) is 0.154. The van der Waals surface area contributed by atoms with Crippen molar-refractivity contribution in [2.75, 3.05) is 13.7 Å². The van der Waals surface area contributed by atoms with Gasteiger partial charge in [0.1, 0.15) is 17.2 Å². The summed E-state index contributed by atoms with van der Waals surface area (Å²) in [6.07, 6.45) is 4.91. The van der Waals surface area contributed by atoms with Gasteiger partial charge < -0.3 is 18.9 Å². The van der Waals surface area contributed by atoms with E-state index in [0.29, 0.717) is 33.9 Å². The highest BCUT2D eigenvalue weighted by molar-refractivity contribution is 6.15. The van der Waals surface area contributed by atoms with Gasteiger partial charge in [-0.25, -0.2) is 4.79 Å². The number of ether oxygens (including phenoxy) is 4. The van der Waals surface area contributed by atoms with E-state index in [1.165, 1.54) is 7.11 Å². The molecule has 0 bridgehead atoms. The van der Waals surface area contributed by atoms with Crippen LogP contribution >= 0.6 is 0 Å². The Bertz CT molecular complexity index is 1330. The van der Waals surface area contributed by atoms with Crippen LogP contribution in [0.25, 0.3) is 6.08 Å². The van der Waals surface area contributed by atoms with Gasteiger partial charge in [0.15, 0.2) is 12.4 Å². The SMILES string of the molecule is COC(=O)COc1ccccc1C1CC(=O)Oc2ccc3c(c21)OC(=Cc1cccnc1)C3=O. The number of rotatable bonds is 5. The molecule has 0 fully saturated rings. The molecular formula is C26H19NO7. The lowest BCUT2D eigenvalue weighted by Gasteiger charge is -2.27. The van der Waals surface area contributed by atoms with Gasteiger partial charge >= 0.3 is 11.9 Å². The second-order valence-electron chi connectivity index (χ2n) is 7.71. The fourth-order valence-electron chi connectivity index (χ4n) is 4.08. The molecule has 34 heavy (non-hydrogen) atoms. The minimum absolute atomic E-state index is 0.0151. The van der Waals surface area contributed by atoms with Crippen molar-refractivity contribution in [3.8, 4) is 17.2 Å². The Morgan fingerprint density at radius 3 is 2.76 bits per heavy atom. The van der Waals surface area contributed by atoms with Crippen LogP contribution < -0.4 is 14.2 Å². The van der Waals surface area contributed by atoms with E-state index >= 15 is 0 Å². The molecule has 0 saturated carbocycles. The summed E-state index contributed by atoms with van der Waals surface area (Å²) in [5.74, 6) is -0.489. The molecule has 0 saturated heterocycles. The number of allylic oxidation sites excluding steroid dienone is 1. The minimum Gasteiger partial charge on any atom is -0.482 e. The smallest absolute Gasteiger partial charge is 0.343 e. The van der Waals surface area contributed by atoms with Crippen molar-refractivity contribution >= 4 is 23.8 Å². The number of benzene rings is 2. The van der Waals surface area contributed by atoms with Gasteiger partial charge in [0.05, 0.1) is 19.1 Å². The first-order chi connectivity index (χ1) is 16.5. The number of fused-ring (bicyclic) bond motifs is 3. The lowest BCUT2D eigenvalue weighted by atomic mass is 9.84. The third-order valence-electron chi connectivity index (χ3n) is 5.63. The first kappa shape index (κ1) is 21.4. The first-order valence-electron chi connectivity index (χ1n) is 10.6. The van der Waals surface area contributed by atoms with Gasteiger partial charge in [-0.3, -0.25) is 14.6 Å². The third kappa shape index (κ3) is 3.90. The Labute approximate surface area is 194 Å². The molecule has 8 heteroatoms. The molecule has 5 rings (SSSR count). The zero-order chi connectivity index (χ0) is 23.7. The van der Waals surface area contributed by atoms with Crippen molar-refractivity contribution in [2.45, 2.75) is 12.3 Å². The highest BCUT2D eigenvalue weighted by Gasteiger charge is 2.39. The van der Waals surface area contributed by atoms with E-state index in [2.05, 4.69) is 9.72 Å². The lowest BCUT2D eigenvalue weighted by molar-refractivity contribution is -0.143. The average molecular weight is 457 g/mol. The summed E-state index contributed by atoms with van der Waals surface area (Å²) in [5, 5.41) is 0. The van der Waals surface area contributed by atoms with Gasteiger partial charge in [-0.05, 0) is 35.9 Å². The Morgan fingerprint density at radius 1 is 1.12 bits per heavy atom. The van der Waals surface area contributed by atoms with Crippen LogP contribution in [0.5, 0.6) is 17.2 Å². The summed E-state index contributed by atoms with van der Waals surface area (Å²) in [6, 6.07) is 13.9. The van der Waals surface area contributed by atoms with Crippen LogP contribution in [0.4, 0.5) is 0 Å². The van der Waals surface area contributed by atoms with Crippen molar-refractivity contribution in [3.63, 3.8) is 0 Å². The molecule has 1 aromatic heterocycles. The van der Waals surface area contributed by atoms with Gasteiger partial charge in [0, 0.05) is 29.4 Å². The number of hydrogen-bond acceptors (Lipinski definition) is 8. The molecule has 0 amide bonds. The summed E-state index contributed by atoms with van der Waals surface area (Å²) in [4.78, 5) is 41.2. The number of esters is 2. The maximum Gasteiger partial charge on any atom is 0.343 e. The van der Waals surface area contributed by atoms with E-state index < -0.39 is 17.9 Å². The Morgan fingerprint density at radius 2 is 1.97 bits per heavy atom. The van der Waals surface area contributed by atoms with Crippen LogP contribution in [0, 0.1) is 0 Å². The molecule has 3 heterocycles. The second kappa shape index (κ2) is 8.82. The molecule has 1 atom stereocenters. The molecule has 1 unspecified atom stereocenters. The number of para-hydroxylation sites is 1. The molecule has 8 nitrogen and oxygen atoms in total. The number of carbonyl (C=O) groups is 3. The maximum atomic E-state index is 13.1. The summed E-state index contributed by atoms with van der Waals surface area (Å²) in [7, 11) is 1.28. The highest BCUT2D eigenvalue weighted by atomic mass is 16.6. The maximum absolute atomic E-state index is 13.1. The van der Waals surface area contributed by atoms with Crippen LogP contribution in [0.1, 0.15) is 39.4 Å². The zero-order valence-electron chi connectivity index (χ0n) is 18.1. The predicted molar refractivity (Wildman–Crippen MR) is 120 cm³/mol. The van der Waals surface area contributed by atoms with Gasteiger partial charge in [0.2, 0.25) is 5.78 Å². The molecule has 0 radical (unpaired) electrons. The molecule has 3 aromatic rings. The summed E-state index contributed by atoms with van der Waals surface area (Å²) < 4.78 is 21.9. The van der Waals surface area contributed by atoms with Crippen LogP contribution in [0.3, 0.4) is 0 Å². The number of hydrogen-bond donors (Lipinski definition) is 0. The van der Waals surface area contributed by atoms with E-state index in [0.717, 1.165) is 5.56 Å². The van der Waals surface area contributed by atoms with Crippen LogP contribution in [-0.4, -0.2) is 36.4 Å². The Hall–Kier alpha value is -4.46. The lowest BCUT2D eigenvalue weighted by Crippen LogP contribution is -2.22. The number of carbonyl (C=O) groups excluding carboxylic acids is 3. The highest BCUT2D eigenvalue weighted by Crippen LogP contribution is 2.50. The van der Waals surface area contributed by atoms with Crippen molar-refractivity contribution in [1.82, 2.24) is 4.98 Å². The number of nitrogens with zero attached hydrogens (tertiary/aromatic N) is 1. The van der Waals surface area contributed by atoms with Crippen LogP contribution in [0.15, 0.2) is 66.7 Å². The molecule has 2 aromatic carbocycles. The minimum atomic E-state index is -0.529. The quantitative estimate of drug-likeness (QED) is 0.325.